The highest BCUT2D eigenvalue weighted by atomic mass is 16.5. The van der Waals surface area contributed by atoms with E-state index in [4.69, 9.17) is 4.74 Å². The molecular formula is C16H17N5O. The monoisotopic (exact) mass is 295 g/mol. The summed E-state index contributed by atoms with van der Waals surface area (Å²) in [5.41, 5.74) is 3.26. The number of H-pyrrole nitrogens is 1. The Balaban J connectivity index is 1.88. The summed E-state index contributed by atoms with van der Waals surface area (Å²) >= 11 is 0. The van der Waals surface area contributed by atoms with Gasteiger partial charge in [0.2, 0.25) is 0 Å². The molecule has 0 aliphatic carbocycles. The SMILES string of the molecule is COc1ccc2c(c1)CCCN2c1nc(C)nc2[nH]ncc12. The molecule has 1 N–H and O–H groups in total. The van der Waals surface area contributed by atoms with Crippen LogP contribution in [0.5, 0.6) is 5.75 Å². The van der Waals surface area contributed by atoms with Crippen molar-refractivity contribution in [2.45, 2.75) is 19.8 Å². The summed E-state index contributed by atoms with van der Waals surface area (Å²) in [5, 5.41) is 7.99. The lowest BCUT2D eigenvalue weighted by Crippen LogP contribution is -2.25. The molecule has 112 valence electrons. The maximum Gasteiger partial charge on any atom is 0.161 e. The van der Waals surface area contributed by atoms with Crippen molar-refractivity contribution in [1.82, 2.24) is 20.2 Å². The number of aromatic amines is 1. The number of methoxy groups -OCH3 is 1. The topological polar surface area (TPSA) is 66.9 Å². The van der Waals surface area contributed by atoms with Gasteiger partial charge in [0.1, 0.15) is 17.4 Å². The first-order valence-electron chi connectivity index (χ1n) is 7.38. The van der Waals surface area contributed by atoms with Gasteiger partial charge in [0.15, 0.2) is 5.65 Å². The van der Waals surface area contributed by atoms with Crippen molar-refractivity contribution in [3.05, 3.63) is 35.8 Å². The molecule has 1 aliphatic rings. The van der Waals surface area contributed by atoms with Gasteiger partial charge in [0, 0.05) is 12.2 Å². The van der Waals surface area contributed by atoms with Crippen LogP contribution in [-0.2, 0) is 6.42 Å². The minimum atomic E-state index is 0.743. The fourth-order valence-corrected chi connectivity index (χ4v) is 3.05. The number of hydrogen-bond donors (Lipinski definition) is 1. The molecule has 6 heteroatoms. The lowest BCUT2D eigenvalue weighted by atomic mass is 10.0. The molecular weight excluding hydrogens is 278 g/mol. The Morgan fingerprint density at radius 1 is 1.27 bits per heavy atom. The number of rotatable bonds is 2. The van der Waals surface area contributed by atoms with Crippen LogP contribution in [0.15, 0.2) is 24.4 Å². The molecule has 3 heterocycles. The van der Waals surface area contributed by atoms with Gasteiger partial charge in [-0.2, -0.15) is 5.10 Å². The van der Waals surface area contributed by atoms with E-state index in [1.807, 2.05) is 13.0 Å². The number of benzene rings is 1. The molecule has 0 atom stereocenters. The van der Waals surface area contributed by atoms with Crippen molar-refractivity contribution >= 4 is 22.5 Å². The summed E-state index contributed by atoms with van der Waals surface area (Å²) < 4.78 is 5.34. The standard InChI is InChI=1S/C16H17N5O/c1-10-18-15-13(9-17-20-15)16(19-10)21-7-3-4-11-8-12(22-2)5-6-14(11)21/h5-6,8-9H,3-4,7H2,1-2H3,(H,17,18,19,20). The van der Waals surface area contributed by atoms with Gasteiger partial charge < -0.3 is 9.64 Å². The number of fused-ring (bicyclic) bond motifs is 2. The predicted octanol–water partition coefficient (Wildman–Crippen LogP) is 2.75. The molecule has 4 rings (SSSR count). The predicted molar refractivity (Wildman–Crippen MR) is 84.7 cm³/mol. The Labute approximate surface area is 128 Å². The van der Waals surface area contributed by atoms with Gasteiger partial charge in [-0.3, -0.25) is 5.10 Å². The highest BCUT2D eigenvalue weighted by Gasteiger charge is 2.22. The second-order valence-corrected chi connectivity index (χ2v) is 5.48. The van der Waals surface area contributed by atoms with Gasteiger partial charge in [-0.15, -0.1) is 0 Å². The molecule has 2 aromatic heterocycles. The van der Waals surface area contributed by atoms with Crippen LogP contribution in [0.3, 0.4) is 0 Å². The van der Waals surface area contributed by atoms with Gasteiger partial charge in [-0.05, 0) is 43.5 Å². The van der Waals surface area contributed by atoms with Crippen molar-refractivity contribution in [2.24, 2.45) is 0 Å². The molecule has 1 aliphatic heterocycles. The molecule has 0 saturated heterocycles. The second kappa shape index (κ2) is 4.98. The van der Waals surface area contributed by atoms with Crippen LogP contribution in [0, 0.1) is 6.92 Å². The lowest BCUT2D eigenvalue weighted by Gasteiger charge is -2.31. The summed E-state index contributed by atoms with van der Waals surface area (Å²) in [7, 11) is 1.70. The van der Waals surface area contributed by atoms with Crippen LogP contribution in [0.1, 0.15) is 17.8 Å². The minimum Gasteiger partial charge on any atom is -0.497 e. The van der Waals surface area contributed by atoms with Crippen molar-refractivity contribution in [3.63, 3.8) is 0 Å². The van der Waals surface area contributed by atoms with E-state index in [1.165, 1.54) is 11.3 Å². The Bertz CT molecular complexity index is 842. The lowest BCUT2D eigenvalue weighted by molar-refractivity contribution is 0.414. The van der Waals surface area contributed by atoms with E-state index in [9.17, 15) is 0 Å². The molecule has 0 radical (unpaired) electrons. The highest BCUT2D eigenvalue weighted by Crippen LogP contribution is 2.36. The number of aryl methyl sites for hydroxylation is 2. The third kappa shape index (κ3) is 1.99. The summed E-state index contributed by atoms with van der Waals surface area (Å²) in [5.74, 6) is 2.56. The average Bonchev–Trinajstić information content (AvgIpc) is 3.01. The second-order valence-electron chi connectivity index (χ2n) is 5.48. The van der Waals surface area contributed by atoms with Crippen LogP contribution in [0.2, 0.25) is 0 Å². The van der Waals surface area contributed by atoms with Crippen LogP contribution in [0.25, 0.3) is 11.0 Å². The van der Waals surface area contributed by atoms with E-state index in [0.29, 0.717) is 0 Å². The first-order valence-corrected chi connectivity index (χ1v) is 7.38. The molecule has 0 fully saturated rings. The first kappa shape index (κ1) is 13.1. The molecule has 22 heavy (non-hydrogen) atoms. The number of aromatic nitrogens is 4. The zero-order chi connectivity index (χ0) is 15.1. The quantitative estimate of drug-likeness (QED) is 0.787. The van der Waals surface area contributed by atoms with Gasteiger partial charge in [0.05, 0.1) is 18.7 Å². The van der Waals surface area contributed by atoms with Crippen LogP contribution >= 0.6 is 0 Å². The Morgan fingerprint density at radius 3 is 3.05 bits per heavy atom. The molecule has 3 aromatic rings. The highest BCUT2D eigenvalue weighted by molar-refractivity contribution is 5.89. The summed E-state index contributed by atoms with van der Waals surface area (Å²) in [6.07, 6.45) is 3.94. The molecule has 1 aromatic carbocycles. The van der Waals surface area contributed by atoms with Gasteiger partial charge >= 0.3 is 0 Å². The fourth-order valence-electron chi connectivity index (χ4n) is 3.05. The summed E-state index contributed by atoms with van der Waals surface area (Å²) in [4.78, 5) is 11.3. The third-order valence-corrected chi connectivity index (χ3v) is 4.06. The van der Waals surface area contributed by atoms with E-state index < -0.39 is 0 Å². The number of hydrogen-bond acceptors (Lipinski definition) is 5. The van der Waals surface area contributed by atoms with Gasteiger partial charge in [-0.25, -0.2) is 9.97 Å². The van der Waals surface area contributed by atoms with E-state index in [0.717, 1.165) is 47.8 Å². The van der Waals surface area contributed by atoms with E-state index in [1.54, 1.807) is 13.3 Å². The molecule has 6 nitrogen and oxygen atoms in total. The largest absolute Gasteiger partial charge is 0.497 e. The van der Waals surface area contributed by atoms with E-state index >= 15 is 0 Å². The smallest absolute Gasteiger partial charge is 0.161 e. The van der Waals surface area contributed by atoms with Crippen LogP contribution < -0.4 is 9.64 Å². The van der Waals surface area contributed by atoms with Crippen molar-refractivity contribution in [2.75, 3.05) is 18.6 Å². The maximum atomic E-state index is 5.34. The van der Waals surface area contributed by atoms with Crippen molar-refractivity contribution in [3.8, 4) is 5.75 Å². The van der Waals surface area contributed by atoms with Crippen LogP contribution in [0.4, 0.5) is 11.5 Å². The molecule has 0 saturated carbocycles. The van der Waals surface area contributed by atoms with E-state index in [2.05, 4.69) is 37.2 Å². The number of ether oxygens (including phenoxy) is 1. The normalized spacial score (nSPS) is 14.2. The Hall–Kier alpha value is -2.63. The summed E-state index contributed by atoms with van der Waals surface area (Å²) in [6.45, 7) is 2.85. The Morgan fingerprint density at radius 2 is 2.18 bits per heavy atom. The average molecular weight is 295 g/mol. The molecule has 0 bridgehead atoms. The van der Waals surface area contributed by atoms with Crippen LogP contribution in [-0.4, -0.2) is 33.8 Å². The summed E-state index contributed by atoms with van der Waals surface area (Å²) in [6, 6.07) is 6.22. The zero-order valence-electron chi connectivity index (χ0n) is 12.6. The minimum absolute atomic E-state index is 0.743. The zero-order valence-corrected chi connectivity index (χ0v) is 12.6. The number of nitrogens with one attached hydrogen (secondary N) is 1. The molecule has 0 amide bonds. The van der Waals surface area contributed by atoms with E-state index in [-0.39, 0.29) is 0 Å². The van der Waals surface area contributed by atoms with Gasteiger partial charge in [-0.1, -0.05) is 0 Å². The molecule has 0 spiro atoms. The number of nitrogens with zero attached hydrogens (tertiary/aromatic N) is 4. The van der Waals surface area contributed by atoms with Crippen molar-refractivity contribution < 1.29 is 4.74 Å². The first-order chi connectivity index (χ1) is 10.8. The Kier molecular flexibility index (Phi) is 2.96. The third-order valence-electron chi connectivity index (χ3n) is 4.06. The fraction of sp³-hybridized carbons (Fsp3) is 0.312. The van der Waals surface area contributed by atoms with Gasteiger partial charge in [0.25, 0.3) is 0 Å². The maximum absolute atomic E-state index is 5.34. The number of anilines is 2. The van der Waals surface area contributed by atoms with Crippen molar-refractivity contribution in [1.29, 1.82) is 0 Å². The molecule has 0 unspecified atom stereocenters.